The van der Waals surface area contributed by atoms with Gasteiger partial charge in [-0.25, -0.2) is 4.98 Å². The lowest BCUT2D eigenvalue weighted by molar-refractivity contribution is 1.19. The van der Waals surface area contributed by atoms with Crippen LogP contribution in [0.15, 0.2) is 35.4 Å². The van der Waals surface area contributed by atoms with E-state index in [1.54, 1.807) is 11.3 Å². The van der Waals surface area contributed by atoms with Crippen molar-refractivity contribution < 1.29 is 0 Å². The van der Waals surface area contributed by atoms with Crippen LogP contribution in [0, 0.1) is 6.92 Å². The van der Waals surface area contributed by atoms with Gasteiger partial charge in [-0.15, -0.1) is 23.1 Å². The molecule has 0 radical (unpaired) electrons. The lowest BCUT2D eigenvalue weighted by Gasteiger charge is -1.99. The molecule has 2 aromatic rings. The molecule has 0 unspecified atom stereocenters. The van der Waals surface area contributed by atoms with E-state index in [9.17, 15) is 0 Å². The summed E-state index contributed by atoms with van der Waals surface area (Å²) >= 11 is 3.59. The van der Waals surface area contributed by atoms with E-state index >= 15 is 0 Å². The van der Waals surface area contributed by atoms with Gasteiger partial charge < -0.3 is 5.32 Å². The van der Waals surface area contributed by atoms with Crippen molar-refractivity contribution in [2.45, 2.75) is 24.5 Å². The van der Waals surface area contributed by atoms with Crippen molar-refractivity contribution >= 4 is 28.2 Å². The molecule has 17 heavy (non-hydrogen) atoms. The van der Waals surface area contributed by atoms with E-state index in [4.69, 9.17) is 0 Å². The van der Waals surface area contributed by atoms with Gasteiger partial charge in [0.25, 0.3) is 0 Å². The van der Waals surface area contributed by atoms with E-state index in [1.165, 1.54) is 15.3 Å². The third kappa shape index (κ3) is 3.75. The summed E-state index contributed by atoms with van der Waals surface area (Å²) in [5.41, 5.74) is 1.31. The maximum absolute atomic E-state index is 4.33. The highest BCUT2D eigenvalue weighted by molar-refractivity contribution is 7.98. The van der Waals surface area contributed by atoms with E-state index in [0.29, 0.717) is 0 Å². The fourth-order valence-electron chi connectivity index (χ4n) is 1.40. The number of nitrogens with one attached hydrogen (secondary N) is 1. The average Bonchev–Trinajstić information content (AvgIpc) is 2.77. The van der Waals surface area contributed by atoms with Gasteiger partial charge in [-0.1, -0.05) is 17.7 Å². The zero-order valence-corrected chi connectivity index (χ0v) is 11.7. The maximum Gasteiger partial charge on any atom is 0.182 e. The molecule has 1 aromatic heterocycles. The van der Waals surface area contributed by atoms with Crippen molar-refractivity contribution in [2.24, 2.45) is 0 Å². The summed E-state index contributed by atoms with van der Waals surface area (Å²) < 4.78 is 0. The number of aromatic nitrogens is 1. The number of thiazole rings is 1. The number of rotatable bonds is 5. The molecule has 1 heterocycles. The summed E-state index contributed by atoms with van der Waals surface area (Å²) in [6.45, 7) is 5.13. The standard InChI is InChI=1S/C13H16N2S2/c1-3-14-13-15-8-12(17-13)9-16-11-6-4-10(2)5-7-11/h4-8H,3,9H2,1-2H3,(H,14,15). The molecule has 0 saturated heterocycles. The average molecular weight is 264 g/mol. The summed E-state index contributed by atoms with van der Waals surface area (Å²) in [6, 6.07) is 8.65. The largest absolute Gasteiger partial charge is 0.362 e. The zero-order chi connectivity index (χ0) is 12.1. The number of hydrogen-bond acceptors (Lipinski definition) is 4. The molecule has 0 bridgehead atoms. The van der Waals surface area contributed by atoms with E-state index in [2.05, 4.69) is 48.4 Å². The molecule has 90 valence electrons. The van der Waals surface area contributed by atoms with Crippen molar-refractivity contribution in [3.05, 3.63) is 40.9 Å². The Morgan fingerprint density at radius 3 is 2.76 bits per heavy atom. The SMILES string of the molecule is CCNc1ncc(CSc2ccc(C)cc2)s1. The summed E-state index contributed by atoms with van der Waals surface area (Å²) in [5, 5.41) is 4.25. The minimum Gasteiger partial charge on any atom is -0.362 e. The van der Waals surface area contributed by atoms with Crippen molar-refractivity contribution in [1.29, 1.82) is 0 Å². The number of nitrogens with zero attached hydrogens (tertiary/aromatic N) is 1. The predicted octanol–water partition coefficient (Wildman–Crippen LogP) is 4.18. The number of anilines is 1. The first-order chi connectivity index (χ1) is 8.28. The lowest BCUT2D eigenvalue weighted by Crippen LogP contribution is -1.94. The first-order valence-corrected chi connectivity index (χ1v) is 7.46. The topological polar surface area (TPSA) is 24.9 Å². The maximum atomic E-state index is 4.33. The van der Waals surface area contributed by atoms with Gasteiger partial charge in [-0.3, -0.25) is 0 Å². The Balaban J connectivity index is 1.90. The number of hydrogen-bond donors (Lipinski definition) is 1. The van der Waals surface area contributed by atoms with Crippen LogP contribution in [0.2, 0.25) is 0 Å². The number of thioether (sulfide) groups is 1. The Morgan fingerprint density at radius 1 is 1.29 bits per heavy atom. The molecule has 0 spiro atoms. The molecule has 2 rings (SSSR count). The quantitative estimate of drug-likeness (QED) is 0.820. The van der Waals surface area contributed by atoms with Crippen molar-refractivity contribution in [3.63, 3.8) is 0 Å². The van der Waals surface area contributed by atoms with Crippen LogP contribution in [-0.2, 0) is 5.75 Å². The Labute approximate surface area is 110 Å². The van der Waals surface area contributed by atoms with E-state index in [1.807, 2.05) is 18.0 Å². The zero-order valence-electron chi connectivity index (χ0n) is 10.1. The van der Waals surface area contributed by atoms with Gasteiger partial charge in [0.2, 0.25) is 0 Å². The molecular weight excluding hydrogens is 248 g/mol. The molecule has 4 heteroatoms. The van der Waals surface area contributed by atoms with Crippen LogP contribution in [0.1, 0.15) is 17.4 Å². The Morgan fingerprint density at radius 2 is 2.06 bits per heavy atom. The van der Waals surface area contributed by atoms with E-state index < -0.39 is 0 Å². The highest BCUT2D eigenvalue weighted by atomic mass is 32.2. The molecule has 2 nitrogen and oxygen atoms in total. The van der Waals surface area contributed by atoms with Crippen LogP contribution in [-0.4, -0.2) is 11.5 Å². The summed E-state index contributed by atoms with van der Waals surface area (Å²) in [6.07, 6.45) is 1.96. The smallest absolute Gasteiger partial charge is 0.182 e. The minimum atomic E-state index is 0.929. The predicted molar refractivity (Wildman–Crippen MR) is 77.0 cm³/mol. The Kier molecular flexibility index (Phi) is 4.45. The normalized spacial score (nSPS) is 10.5. The highest BCUT2D eigenvalue weighted by Crippen LogP contribution is 2.27. The van der Waals surface area contributed by atoms with Crippen LogP contribution in [0.25, 0.3) is 0 Å². The number of benzene rings is 1. The molecule has 0 atom stereocenters. The van der Waals surface area contributed by atoms with Crippen LogP contribution in [0.3, 0.4) is 0 Å². The fourth-order valence-corrected chi connectivity index (χ4v) is 3.20. The molecule has 0 fully saturated rings. The summed E-state index contributed by atoms with van der Waals surface area (Å²) in [7, 11) is 0. The van der Waals surface area contributed by atoms with Gasteiger partial charge in [0.05, 0.1) is 0 Å². The molecular formula is C13H16N2S2. The van der Waals surface area contributed by atoms with Crippen molar-refractivity contribution in [2.75, 3.05) is 11.9 Å². The second-order valence-electron chi connectivity index (χ2n) is 3.76. The minimum absolute atomic E-state index is 0.929. The number of aryl methyl sites for hydroxylation is 1. The molecule has 1 aromatic carbocycles. The first kappa shape index (κ1) is 12.5. The second kappa shape index (κ2) is 6.07. The summed E-state index contributed by atoms with van der Waals surface area (Å²) in [5.74, 6) is 0.992. The van der Waals surface area contributed by atoms with Crippen LogP contribution in [0.5, 0.6) is 0 Å². The third-order valence-electron chi connectivity index (χ3n) is 2.28. The molecule has 0 aliphatic rings. The van der Waals surface area contributed by atoms with E-state index in [-0.39, 0.29) is 0 Å². The van der Waals surface area contributed by atoms with Crippen LogP contribution >= 0.6 is 23.1 Å². The monoisotopic (exact) mass is 264 g/mol. The molecule has 0 amide bonds. The first-order valence-electron chi connectivity index (χ1n) is 5.66. The van der Waals surface area contributed by atoms with Gasteiger partial charge in [0, 0.05) is 28.3 Å². The highest BCUT2D eigenvalue weighted by Gasteiger charge is 2.01. The summed E-state index contributed by atoms with van der Waals surface area (Å²) in [4.78, 5) is 6.95. The van der Waals surface area contributed by atoms with Crippen molar-refractivity contribution in [1.82, 2.24) is 4.98 Å². The molecule has 0 aliphatic carbocycles. The molecule has 0 aliphatic heterocycles. The van der Waals surface area contributed by atoms with Crippen LogP contribution < -0.4 is 5.32 Å². The van der Waals surface area contributed by atoms with Crippen LogP contribution in [0.4, 0.5) is 5.13 Å². The molecule has 1 N–H and O–H groups in total. The van der Waals surface area contributed by atoms with Gasteiger partial charge in [-0.05, 0) is 26.0 Å². The second-order valence-corrected chi connectivity index (χ2v) is 5.93. The van der Waals surface area contributed by atoms with Gasteiger partial charge in [0.1, 0.15) is 0 Å². The van der Waals surface area contributed by atoms with Gasteiger partial charge >= 0.3 is 0 Å². The Hall–Kier alpha value is -1.00. The van der Waals surface area contributed by atoms with Gasteiger partial charge in [0.15, 0.2) is 5.13 Å². The van der Waals surface area contributed by atoms with E-state index in [0.717, 1.165) is 17.4 Å². The third-order valence-corrected chi connectivity index (χ3v) is 4.48. The Bertz CT molecular complexity index is 463. The van der Waals surface area contributed by atoms with Gasteiger partial charge in [-0.2, -0.15) is 0 Å². The lowest BCUT2D eigenvalue weighted by atomic mass is 10.2. The fraction of sp³-hybridized carbons (Fsp3) is 0.308. The molecule has 0 saturated carbocycles. The van der Waals surface area contributed by atoms with Crippen molar-refractivity contribution in [3.8, 4) is 0 Å².